The third-order valence-electron chi connectivity index (χ3n) is 4.86. The smallest absolute Gasteiger partial charge is 0.163 e. The topological polar surface area (TPSA) is 40.2 Å². The van der Waals surface area contributed by atoms with Crippen LogP contribution in [0.5, 0.6) is 23.0 Å². The second kappa shape index (κ2) is 7.33. The number of ether oxygens (including phenoxy) is 4. The molecule has 2 aliphatic heterocycles. The fraction of sp³-hybridized carbons (Fsp3) is 0.167. The van der Waals surface area contributed by atoms with Gasteiger partial charge in [-0.15, -0.1) is 6.42 Å². The fourth-order valence-electron chi connectivity index (χ4n) is 3.50. The summed E-state index contributed by atoms with van der Waals surface area (Å²) in [5, 5.41) is 0. The average Bonchev–Trinajstić information content (AvgIpc) is 2.79. The number of hydrogen-bond acceptors (Lipinski definition) is 5. The van der Waals surface area contributed by atoms with E-state index in [-0.39, 0.29) is 0 Å². The Morgan fingerprint density at radius 3 is 1.52 bits per heavy atom. The van der Waals surface area contributed by atoms with Crippen LogP contribution >= 0.6 is 0 Å². The van der Waals surface area contributed by atoms with Crippen LogP contribution in [0.2, 0.25) is 0 Å². The molecule has 5 rings (SSSR count). The summed E-state index contributed by atoms with van der Waals surface area (Å²) >= 11 is 0. The largest absolute Gasteiger partial charge is 0.486 e. The van der Waals surface area contributed by atoms with E-state index in [0.29, 0.717) is 26.4 Å². The molecule has 0 fully saturated rings. The third kappa shape index (κ3) is 3.30. The van der Waals surface area contributed by atoms with Gasteiger partial charge in [-0.1, -0.05) is 5.92 Å². The normalized spacial score (nSPS) is 14.0. The van der Waals surface area contributed by atoms with E-state index in [2.05, 4.69) is 10.8 Å². The van der Waals surface area contributed by atoms with Crippen molar-refractivity contribution in [2.24, 2.45) is 0 Å². The highest BCUT2D eigenvalue weighted by atomic mass is 16.6. The van der Waals surface area contributed by atoms with Crippen molar-refractivity contribution in [3.63, 3.8) is 0 Å². The molecule has 144 valence electrons. The Morgan fingerprint density at radius 2 is 1.03 bits per heavy atom. The van der Waals surface area contributed by atoms with E-state index in [1.54, 1.807) is 0 Å². The van der Waals surface area contributed by atoms with Crippen molar-refractivity contribution in [1.82, 2.24) is 0 Å². The highest BCUT2D eigenvalue weighted by Gasteiger charge is 2.20. The molecule has 0 N–H and O–H groups in total. The zero-order valence-electron chi connectivity index (χ0n) is 15.8. The highest BCUT2D eigenvalue weighted by molar-refractivity contribution is 5.79. The summed E-state index contributed by atoms with van der Waals surface area (Å²) in [5.41, 5.74) is 3.69. The third-order valence-corrected chi connectivity index (χ3v) is 4.86. The van der Waals surface area contributed by atoms with E-state index in [0.717, 1.165) is 45.6 Å². The maximum absolute atomic E-state index is 5.79. The summed E-state index contributed by atoms with van der Waals surface area (Å²) in [7, 11) is 0. The van der Waals surface area contributed by atoms with Crippen molar-refractivity contribution in [1.29, 1.82) is 0 Å². The Labute approximate surface area is 169 Å². The molecule has 3 aromatic carbocycles. The van der Waals surface area contributed by atoms with E-state index in [4.69, 9.17) is 25.4 Å². The van der Waals surface area contributed by atoms with Gasteiger partial charge < -0.3 is 23.8 Å². The van der Waals surface area contributed by atoms with Crippen LogP contribution < -0.4 is 23.8 Å². The molecular weight excluding hydrogens is 366 g/mol. The van der Waals surface area contributed by atoms with Gasteiger partial charge in [0.25, 0.3) is 0 Å². The molecule has 3 aromatic rings. The Morgan fingerprint density at radius 1 is 0.586 bits per heavy atom. The van der Waals surface area contributed by atoms with Gasteiger partial charge in [-0.25, -0.2) is 0 Å². The van der Waals surface area contributed by atoms with Gasteiger partial charge >= 0.3 is 0 Å². The van der Waals surface area contributed by atoms with Crippen molar-refractivity contribution in [2.75, 3.05) is 31.3 Å². The van der Waals surface area contributed by atoms with Gasteiger partial charge in [0.1, 0.15) is 26.4 Å². The molecule has 0 radical (unpaired) electrons. The van der Waals surface area contributed by atoms with Gasteiger partial charge in [-0.3, -0.25) is 0 Å². The summed E-state index contributed by atoms with van der Waals surface area (Å²) in [6, 6.07) is 19.7. The van der Waals surface area contributed by atoms with Gasteiger partial charge in [-0.2, -0.15) is 0 Å². The van der Waals surface area contributed by atoms with Gasteiger partial charge in [0.15, 0.2) is 23.0 Å². The number of nitrogens with zero attached hydrogens (tertiary/aromatic N) is 1. The zero-order chi connectivity index (χ0) is 19.6. The molecule has 0 unspecified atom stereocenters. The average molecular weight is 385 g/mol. The summed E-state index contributed by atoms with van der Waals surface area (Å²) in [6.45, 7) is 2.20. The zero-order valence-corrected chi connectivity index (χ0v) is 15.8. The van der Waals surface area contributed by atoms with Crippen LogP contribution in [0.25, 0.3) is 0 Å². The summed E-state index contributed by atoms with van der Waals surface area (Å²) in [4.78, 5) is 2.12. The van der Waals surface area contributed by atoms with Crippen LogP contribution in [0.1, 0.15) is 5.56 Å². The maximum atomic E-state index is 5.79. The van der Waals surface area contributed by atoms with Gasteiger partial charge in [-0.05, 0) is 48.5 Å². The number of benzene rings is 3. The molecule has 5 nitrogen and oxygen atoms in total. The molecule has 0 amide bonds. The second-order valence-electron chi connectivity index (χ2n) is 6.68. The molecule has 5 heteroatoms. The molecular formula is C24H19NO4. The lowest BCUT2D eigenvalue weighted by atomic mass is 10.1. The minimum atomic E-state index is 0.539. The van der Waals surface area contributed by atoms with Gasteiger partial charge in [0.2, 0.25) is 0 Å². The van der Waals surface area contributed by atoms with E-state index < -0.39 is 0 Å². The van der Waals surface area contributed by atoms with Crippen LogP contribution in [0.4, 0.5) is 17.1 Å². The van der Waals surface area contributed by atoms with E-state index in [1.807, 2.05) is 60.7 Å². The first-order chi connectivity index (χ1) is 14.3. The number of rotatable bonds is 3. The van der Waals surface area contributed by atoms with Crippen LogP contribution in [0.15, 0.2) is 60.7 Å². The van der Waals surface area contributed by atoms with Crippen LogP contribution in [-0.4, -0.2) is 26.4 Å². The molecule has 0 saturated heterocycles. The highest BCUT2D eigenvalue weighted by Crippen LogP contribution is 2.43. The Kier molecular flexibility index (Phi) is 4.38. The molecule has 2 aliphatic rings. The molecule has 29 heavy (non-hydrogen) atoms. The van der Waals surface area contributed by atoms with Gasteiger partial charge in [0.05, 0.1) is 11.4 Å². The van der Waals surface area contributed by atoms with Gasteiger partial charge in [0, 0.05) is 23.4 Å². The monoisotopic (exact) mass is 385 g/mol. The SMILES string of the molecule is C#Cc1ccc(N(c2ccc3c(c2)OCCO3)c2ccc3c(c2)OCCO3)cc1. The quantitative estimate of drug-likeness (QED) is 0.612. The van der Waals surface area contributed by atoms with Crippen molar-refractivity contribution < 1.29 is 18.9 Å². The van der Waals surface area contributed by atoms with E-state index >= 15 is 0 Å². The lowest BCUT2D eigenvalue weighted by Gasteiger charge is -2.28. The number of fused-ring (bicyclic) bond motifs is 2. The minimum absolute atomic E-state index is 0.539. The molecule has 0 aromatic heterocycles. The Bertz CT molecular complexity index is 1030. The lowest BCUT2D eigenvalue weighted by molar-refractivity contribution is 0.171. The predicted molar refractivity (Wildman–Crippen MR) is 111 cm³/mol. The standard InChI is InChI=1S/C24H19NO4/c1-2-17-3-5-18(6-4-17)25(19-7-9-21-23(15-19)28-13-11-26-21)20-8-10-22-24(16-20)29-14-12-27-22/h1,3-10,15-16H,11-14H2. The van der Waals surface area contributed by atoms with Crippen LogP contribution in [0.3, 0.4) is 0 Å². The maximum Gasteiger partial charge on any atom is 0.163 e. The van der Waals surface area contributed by atoms with Crippen molar-refractivity contribution >= 4 is 17.1 Å². The molecule has 0 spiro atoms. The lowest BCUT2D eigenvalue weighted by Crippen LogP contribution is -2.17. The molecule has 0 bridgehead atoms. The number of terminal acetylenes is 1. The summed E-state index contributed by atoms with van der Waals surface area (Å²) in [5.74, 6) is 5.64. The van der Waals surface area contributed by atoms with E-state index in [1.165, 1.54) is 0 Å². The predicted octanol–water partition coefficient (Wildman–Crippen LogP) is 4.68. The first-order valence-corrected chi connectivity index (χ1v) is 9.48. The van der Waals surface area contributed by atoms with Crippen LogP contribution in [-0.2, 0) is 0 Å². The van der Waals surface area contributed by atoms with Crippen molar-refractivity contribution in [3.05, 3.63) is 66.2 Å². The molecule has 0 atom stereocenters. The van der Waals surface area contributed by atoms with Crippen molar-refractivity contribution in [2.45, 2.75) is 0 Å². The molecule has 0 aliphatic carbocycles. The molecule has 0 saturated carbocycles. The second-order valence-corrected chi connectivity index (χ2v) is 6.68. The summed E-state index contributed by atoms with van der Waals surface area (Å²) < 4.78 is 22.9. The minimum Gasteiger partial charge on any atom is -0.486 e. The summed E-state index contributed by atoms with van der Waals surface area (Å²) in [6.07, 6.45) is 5.53. The van der Waals surface area contributed by atoms with Crippen molar-refractivity contribution in [3.8, 4) is 35.3 Å². The van der Waals surface area contributed by atoms with Crippen LogP contribution in [0, 0.1) is 12.3 Å². The Balaban J connectivity index is 1.62. The fourth-order valence-corrected chi connectivity index (χ4v) is 3.50. The first-order valence-electron chi connectivity index (χ1n) is 9.48. The first kappa shape index (κ1) is 17.3. The Hall–Kier alpha value is -3.78. The number of hydrogen-bond donors (Lipinski definition) is 0. The van der Waals surface area contributed by atoms with E-state index in [9.17, 15) is 0 Å². The molecule has 2 heterocycles. The number of anilines is 3.